The molecule has 3 rings (SSSR count). The first-order valence-electron chi connectivity index (χ1n) is 5.57. The lowest BCUT2D eigenvalue weighted by Gasteiger charge is -2.13. The number of carbonyl (C=O) groups excluding carboxylic acids is 2. The van der Waals surface area contributed by atoms with Crippen LogP contribution in [-0.4, -0.2) is 21.4 Å². The Balaban J connectivity index is 2.15. The van der Waals surface area contributed by atoms with E-state index in [9.17, 15) is 9.59 Å². The summed E-state index contributed by atoms with van der Waals surface area (Å²) < 4.78 is 1.72. The SMILES string of the molecule is Cc1cnc(N2C(=O)c3ccccc3C2=O)n1C. The van der Waals surface area contributed by atoms with Gasteiger partial charge in [-0.05, 0) is 19.1 Å². The molecule has 0 aliphatic carbocycles. The van der Waals surface area contributed by atoms with Gasteiger partial charge < -0.3 is 4.57 Å². The number of fused-ring (bicyclic) bond motifs is 1. The van der Waals surface area contributed by atoms with Crippen molar-refractivity contribution in [3.05, 3.63) is 47.3 Å². The molecule has 1 aliphatic heterocycles. The third-order valence-corrected chi connectivity index (χ3v) is 3.19. The zero-order chi connectivity index (χ0) is 12.9. The summed E-state index contributed by atoms with van der Waals surface area (Å²) in [7, 11) is 1.78. The highest BCUT2D eigenvalue weighted by molar-refractivity contribution is 6.33. The number of imide groups is 1. The van der Waals surface area contributed by atoms with Crippen molar-refractivity contribution in [2.75, 3.05) is 4.90 Å². The third kappa shape index (κ3) is 1.24. The molecule has 2 amide bonds. The quantitative estimate of drug-likeness (QED) is 0.711. The van der Waals surface area contributed by atoms with E-state index in [1.807, 2.05) is 6.92 Å². The first-order chi connectivity index (χ1) is 8.61. The number of aryl methyl sites for hydroxylation is 1. The fourth-order valence-corrected chi connectivity index (χ4v) is 2.06. The predicted molar refractivity (Wildman–Crippen MR) is 65.5 cm³/mol. The normalized spacial score (nSPS) is 14.2. The number of aromatic nitrogens is 2. The third-order valence-electron chi connectivity index (χ3n) is 3.19. The van der Waals surface area contributed by atoms with Gasteiger partial charge in [0, 0.05) is 12.7 Å². The van der Waals surface area contributed by atoms with Crippen molar-refractivity contribution < 1.29 is 9.59 Å². The first kappa shape index (κ1) is 10.7. The number of benzene rings is 1. The van der Waals surface area contributed by atoms with Crippen LogP contribution >= 0.6 is 0 Å². The smallest absolute Gasteiger partial charge is 0.268 e. The Bertz CT molecular complexity index is 638. The van der Waals surface area contributed by atoms with Crippen molar-refractivity contribution in [3.63, 3.8) is 0 Å². The standard InChI is InChI=1S/C13H11N3O2/c1-8-7-14-13(15(8)2)16-11(17)9-5-3-4-6-10(9)12(16)18/h3-7H,1-2H3. The molecule has 0 saturated heterocycles. The molecule has 90 valence electrons. The Kier molecular flexibility index (Phi) is 2.10. The summed E-state index contributed by atoms with van der Waals surface area (Å²) in [6.07, 6.45) is 1.64. The Morgan fingerprint density at radius 1 is 1.06 bits per heavy atom. The average Bonchev–Trinajstić information content (AvgIpc) is 2.82. The van der Waals surface area contributed by atoms with Crippen LogP contribution in [0, 0.1) is 6.92 Å². The molecule has 0 bridgehead atoms. The molecule has 5 heteroatoms. The maximum absolute atomic E-state index is 12.2. The molecule has 5 nitrogen and oxygen atoms in total. The Morgan fingerprint density at radius 2 is 1.61 bits per heavy atom. The molecule has 0 radical (unpaired) electrons. The van der Waals surface area contributed by atoms with Crippen LogP contribution in [0.1, 0.15) is 26.4 Å². The number of carbonyl (C=O) groups is 2. The van der Waals surface area contributed by atoms with E-state index < -0.39 is 0 Å². The van der Waals surface area contributed by atoms with Gasteiger partial charge in [-0.3, -0.25) is 9.59 Å². The van der Waals surface area contributed by atoms with E-state index in [1.165, 1.54) is 0 Å². The predicted octanol–water partition coefficient (Wildman–Crippen LogP) is 1.53. The fraction of sp³-hybridized carbons (Fsp3) is 0.154. The molecule has 0 fully saturated rings. The Morgan fingerprint density at radius 3 is 2.06 bits per heavy atom. The monoisotopic (exact) mass is 241 g/mol. The average molecular weight is 241 g/mol. The van der Waals surface area contributed by atoms with Crippen LogP contribution in [0.3, 0.4) is 0 Å². The van der Waals surface area contributed by atoms with E-state index in [4.69, 9.17) is 0 Å². The van der Waals surface area contributed by atoms with Gasteiger partial charge in [-0.2, -0.15) is 0 Å². The number of amides is 2. The van der Waals surface area contributed by atoms with Gasteiger partial charge in [0.05, 0.1) is 17.3 Å². The van der Waals surface area contributed by atoms with Gasteiger partial charge in [0.2, 0.25) is 5.95 Å². The van der Waals surface area contributed by atoms with Crippen LogP contribution in [0.25, 0.3) is 0 Å². The van der Waals surface area contributed by atoms with E-state index in [0.717, 1.165) is 10.6 Å². The van der Waals surface area contributed by atoms with Gasteiger partial charge in [-0.1, -0.05) is 12.1 Å². The van der Waals surface area contributed by atoms with E-state index in [0.29, 0.717) is 17.1 Å². The van der Waals surface area contributed by atoms with Crippen molar-refractivity contribution in [2.45, 2.75) is 6.92 Å². The molecule has 1 aromatic heterocycles. The molecule has 1 aromatic carbocycles. The molecule has 2 heterocycles. The van der Waals surface area contributed by atoms with Crippen molar-refractivity contribution >= 4 is 17.8 Å². The highest BCUT2D eigenvalue weighted by Crippen LogP contribution is 2.27. The van der Waals surface area contributed by atoms with Crippen LogP contribution in [0.4, 0.5) is 5.95 Å². The number of anilines is 1. The second kappa shape index (κ2) is 3.53. The molecule has 0 saturated carbocycles. The van der Waals surface area contributed by atoms with Gasteiger partial charge in [0.15, 0.2) is 0 Å². The molecular weight excluding hydrogens is 230 g/mol. The molecule has 0 N–H and O–H groups in total. The minimum atomic E-state index is -0.315. The van der Waals surface area contributed by atoms with Crippen LogP contribution in [0.15, 0.2) is 30.5 Å². The van der Waals surface area contributed by atoms with Crippen LogP contribution < -0.4 is 4.90 Å². The summed E-state index contributed by atoms with van der Waals surface area (Å²) in [5.41, 5.74) is 1.76. The molecule has 0 spiro atoms. The van der Waals surface area contributed by atoms with Crippen molar-refractivity contribution in [3.8, 4) is 0 Å². The zero-order valence-corrected chi connectivity index (χ0v) is 10.0. The maximum atomic E-state index is 12.2. The summed E-state index contributed by atoms with van der Waals surface area (Å²) in [5, 5.41) is 0. The first-order valence-corrected chi connectivity index (χ1v) is 5.57. The number of imidazole rings is 1. The summed E-state index contributed by atoms with van der Waals surface area (Å²) >= 11 is 0. The Hall–Kier alpha value is -2.43. The number of hydrogen-bond acceptors (Lipinski definition) is 3. The number of rotatable bonds is 1. The topological polar surface area (TPSA) is 55.2 Å². The molecule has 0 atom stereocenters. The van der Waals surface area contributed by atoms with E-state index in [2.05, 4.69) is 4.98 Å². The second-order valence-electron chi connectivity index (χ2n) is 4.25. The van der Waals surface area contributed by atoms with Crippen LogP contribution in [0.2, 0.25) is 0 Å². The van der Waals surface area contributed by atoms with E-state index in [-0.39, 0.29) is 11.8 Å². The minimum Gasteiger partial charge on any atom is -0.317 e. The number of hydrogen-bond donors (Lipinski definition) is 0. The summed E-state index contributed by atoms with van der Waals surface area (Å²) in [4.78, 5) is 29.7. The molecule has 18 heavy (non-hydrogen) atoms. The molecular formula is C13H11N3O2. The largest absolute Gasteiger partial charge is 0.317 e. The number of nitrogens with zero attached hydrogens (tertiary/aromatic N) is 3. The summed E-state index contributed by atoms with van der Waals surface area (Å²) in [6, 6.07) is 6.81. The van der Waals surface area contributed by atoms with Gasteiger partial charge in [0.25, 0.3) is 11.8 Å². The fourth-order valence-electron chi connectivity index (χ4n) is 2.06. The maximum Gasteiger partial charge on any atom is 0.268 e. The lowest BCUT2D eigenvalue weighted by atomic mass is 10.1. The lowest BCUT2D eigenvalue weighted by Crippen LogP contribution is -2.31. The van der Waals surface area contributed by atoms with Gasteiger partial charge in [0.1, 0.15) is 0 Å². The molecule has 0 unspecified atom stereocenters. The highest BCUT2D eigenvalue weighted by Gasteiger charge is 2.38. The van der Waals surface area contributed by atoms with Crippen LogP contribution in [0.5, 0.6) is 0 Å². The molecule has 1 aliphatic rings. The van der Waals surface area contributed by atoms with Gasteiger partial charge in [-0.15, -0.1) is 0 Å². The van der Waals surface area contributed by atoms with Crippen molar-refractivity contribution in [1.82, 2.24) is 9.55 Å². The lowest BCUT2D eigenvalue weighted by molar-refractivity contribution is 0.0923. The summed E-state index contributed by atoms with van der Waals surface area (Å²) in [5.74, 6) is -0.271. The van der Waals surface area contributed by atoms with Gasteiger partial charge in [-0.25, -0.2) is 9.88 Å². The van der Waals surface area contributed by atoms with E-state index >= 15 is 0 Å². The molecule has 2 aromatic rings. The Labute approximate surface area is 104 Å². The summed E-state index contributed by atoms with van der Waals surface area (Å²) in [6.45, 7) is 1.87. The van der Waals surface area contributed by atoms with Crippen molar-refractivity contribution in [1.29, 1.82) is 0 Å². The van der Waals surface area contributed by atoms with E-state index in [1.54, 1.807) is 42.1 Å². The minimum absolute atomic E-state index is 0.315. The van der Waals surface area contributed by atoms with Gasteiger partial charge >= 0.3 is 0 Å². The van der Waals surface area contributed by atoms with Crippen molar-refractivity contribution in [2.24, 2.45) is 7.05 Å². The second-order valence-corrected chi connectivity index (χ2v) is 4.25. The highest BCUT2D eigenvalue weighted by atomic mass is 16.2. The van der Waals surface area contributed by atoms with Crippen LogP contribution in [-0.2, 0) is 7.05 Å². The zero-order valence-electron chi connectivity index (χ0n) is 10.0.